The summed E-state index contributed by atoms with van der Waals surface area (Å²) in [6.07, 6.45) is 4.44. The molecule has 1 heteroatoms. The number of thiol groups is 1. The summed E-state index contributed by atoms with van der Waals surface area (Å²) in [5.74, 6) is 7.11. The molecule has 0 bridgehead atoms. The van der Waals surface area contributed by atoms with Gasteiger partial charge in [0.15, 0.2) is 0 Å². The van der Waals surface area contributed by atoms with E-state index in [-0.39, 0.29) is 0 Å². The summed E-state index contributed by atoms with van der Waals surface area (Å²) in [7, 11) is 0. The molecule has 0 N–H and O–H groups in total. The van der Waals surface area contributed by atoms with E-state index in [0.717, 1.165) is 18.6 Å². The van der Waals surface area contributed by atoms with Crippen LogP contribution in [0.2, 0.25) is 0 Å². The SMILES string of the molecule is CCC#CCCCCS. The molecule has 0 nitrogen and oxygen atoms in total. The third-order valence-electron chi connectivity index (χ3n) is 1.01. The van der Waals surface area contributed by atoms with Crippen molar-refractivity contribution in [1.29, 1.82) is 0 Å². The molecule has 0 rings (SSSR count). The molecule has 9 heavy (non-hydrogen) atoms. The lowest BCUT2D eigenvalue weighted by Gasteiger charge is -1.86. The molecular weight excluding hydrogens is 128 g/mol. The van der Waals surface area contributed by atoms with E-state index in [0.29, 0.717) is 0 Å². The van der Waals surface area contributed by atoms with Gasteiger partial charge in [-0.2, -0.15) is 12.6 Å². The molecule has 0 aliphatic rings. The molecule has 0 saturated heterocycles. The summed E-state index contributed by atoms with van der Waals surface area (Å²) in [4.78, 5) is 0. The van der Waals surface area contributed by atoms with Gasteiger partial charge < -0.3 is 0 Å². The summed E-state index contributed by atoms with van der Waals surface area (Å²) >= 11 is 4.10. The fourth-order valence-electron chi connectivity index (χ4n) is 0.539. The zero-order valence-corrected chi connectivity index (χ0v) is 6.88. The van der Waals surface area contributed by atoms with E-state index >= 15 is 0 Å². The average Bonchev–Trinajstić information content (AvgIpc) is 1.89. The molecule has 0 amide bonds. The smallest absolute Gasteiger partial charge is 0.00889 e. The van der Waals surface area contributed by atoms with Crippen molar-refractivity contribution in [3.05, 3.63) is 0 Å². The van der Waals surface area contributed by atoms with Gasteiger partial charge in [-0.05, 0) is 18.6 Å². The van der Waals surface area contributed by atoms with E-state index in [2.05, 4.69) is 31.4 Å². The Balaban J connectivity index is 2.90. The van der Waals surface area contributed by atoms with E-state index in [1.165, 1.54) is 12.8 Å². The molecule has 0 aromatic rings. The van der Waals surface area contributed by atoms with E-state index < -0.39 is 0 Å². The Morgan fingerprint density at radius 1 is 1.22 bits per heavy atom. The highest BCUT2D eigenvalue weighted by molar-refractivity contribution is 7.80. The van der Waals surface area contributed by atoms with Gasteiger partial charge >= 0.3 is 0 Å². The maximum absolute atomic E-state index is 4.10. The second-order valence-electron chi connectivity index (χ2n) is 1.89. The van der Waals surface area contributed by atoms with E-state index in [4.69, 9.17) is 0 Å². The van der Waals surface area contributed by atoms with Crippen LogP contribution in [0.15, 0.2) is 0 Å². The predicted molar refractivity (Wildman–Crippen MR) is 45.8 cm³/mol. The van der Waals surface area contributed by atoms with Crippen molar-refractivity contribution in [2.24, 2.45) is 0 Å². The summed E-state index contributed by atoms with van der Waals surface area (Å²) in [6.45, 7) is 2.08. The lowest BCUT2D eigenvalue weighted by Crippen LogP contribution is -1.73. The Morgan fingerprint density at radius 3 is 2.56 bits per heavy atom. The summed E-state index contributed by atoms with van der Waals surface area (Å²) in [5.41, 5.74) is 0. The fraction of sp³-hybridized carbons (Fsp3) is 0.750. The van der Waals surface area contributed by atoms with Crippen molar-refractivity contribution in [1.82, 2.24) is 0 Å². The van der Waals surface area contributed by atoms with Gasteiger partial charge in [0.25, 0.3) is 0 Å². The molecule has 0 aromatic carbocycles. The zero-order chi connectivity index (χ0) is 6.95. The van der Waals surface area contributed by atoms with Crippen LogP contribution in [0.4, 0.5) is 0 Å². The highest BCUT2D eigenvalue weighted by atomic mass is 32.1. The van der Waals surface area contributed by atoms with E-state index in [1.807, 2.05) is 0 Å². The number of unbranched alkanes of at least 4 members (excludes halogenated alkanes) is 2. The quantitative estimate of drug-likeness (QED) is 0.349. The first-order valence-corrected chi connectivity index (χ1v) is 4.11. The number of rotatable bonds is 3. The van der Waals surface area contributed by atoms with E-state index in [9.17, 15) is 0 Å². The molecule has 0 saturated carbocycles. The topological polar surface area (TPSA) is 0 Å². The highest BCUT2D eigenvalue weighted by Crippen LogP contribution is 1.94. The van der Waals surface area contributed by atoms with Gasteiger partial charge in [-0.25, -0.2) is 0 Å². The lowest BCUT2D eigenvalue weighted by molar-refractivity contribution is 0.838. The van der Waals surface area contributed by atoms with Gasteiger partial charge in [0, 0.05) is 12.8 Å². The molecule has 0 spiro atoms. The Labute approximate surface area is 63.4 Å². The average molecular weight is 142 g/mol. The summed E-state index contributed by atoms with van der Waals surface area (Å²) < 4.78 is 0. The Bertz CT molecular complexity index is 96.9. The first-order valence-electron chi connectivity index (χ1n) is 3.48. The van der Waals surface area contributed by atoms with Crippen molar-refractivity contribution < 1.29 is 0 Å². The normalized spacial score (nSPS) is 8.22. The molecule has 0 aromatic heterocycles. The van der Waals surface area contributed by atoms with Crippen molar-refractivity contribution in [2.45, 2.75) is 32.6 Å². The fourth-order valence-corrected chi connectivity index (χ4v) is 0.762. The zero-order valence-electron chi connectivity index (χ0n) is 5.98. The van der Waals surface area contributed by atoms with Crippen molar-refractivity contribution in [3.63, 3.8) is 0 Å². The van der Waals surface area contributed by atoms with Crippen LogP contribution in [0, 0.1) is 11.8 Å². The molecule has 52 valence electrons. The van der Waals surface area contributed by atoms with Crippen LogP contribution in [0.3, 0.4) is 0 Å². The van der Waals surface area contributed by atoms with Crippen LogP contribution in [0.25, 0.3) is 0 Å². The maximum Gasteiger partial charge on any atom is 0.00889 e. The van der Waals surface area contributed by atoms with Gasteiger partial charge in [0.05, 0.1) is 0 Å². The largest absolute Gasteiger partial charge is 0.179 e. The Kier molecular flexibility index (Phi) is 7.83. The molecule has 0 aliphatic carbocycles. The van der Waals surface area contributed by atoms with Crippen LogP contribution in [0.5, 0.6) is 0 Å². The molecular formula is C8H14S. The summed E-state index contributed by atoms with van der Waals surface area (Å²) in [5, 5.41) is 0. The van der Waals surface area contributed by atoms with E-state index in [1.54, 1.807) is 0 Å². The van der Waals surface area contributed by atoms with Gasteiger partial charge in [-0.1, -0.05) is 6.92 Å². The molecule has 0 aliphatic heterocycles. The maximum atomic E-state index is 4.10. The molecule has 0 radical (unpaired) electrons. The van der Waals surface area contributed by atoms with Gasteiger partial charge in [-0.3, -0.25) is 0 Å². The standard InChI is InChI=1S/C8H14S/c1-2-3-4-5-6-7-8-9/h9H,2,5-8H2,1H3. The Hall–Kier alpha value is -0.0900. The second-order valence-corrected chi connectivity index (χ2v) is 2.34. The first-order chi connectivity index (χ1) is 4.41. The van der Waals surface area contributed by atoms with Crippen molar-refractivity contribution >= 4 is 12.6 Å². The summed E-state index contributed by atoms with van der Waals surface area (Å²) in [6, 6.07) is 0. The van der Waals surface area contributed by atoms with Crippen LogP contribution in [0.1, 0.15) is 32.6 Å². The third-order valence-corrected chi connectivity index (χ3v) is 1.33. The van der Waals surface area contributed by atoms with Crippen LogP contribution in [-0.2, 0) is 0 Å². The number of hydrogen-bond donors (Lipinski definition) is 1. The minimum atomic E-state index is 0.987. The van der Waals surface area contributed by atoms with Crippen LogP contribution < -0.4 is 0 Å². The number of hydrogen-bond acceptors (Lipinski definition) is 1. The first kappa shape index (κ1) is 8.91. The molecule has 0 atom stereocenters. The van der Waals surface area contributed by atoms with Gasteiger partial charge in [0.2, 0.25) is 0 Å². The third kappa shape index (κ3) is 7.91. The monoisotopic (exact) mass is 142 g/mol. The molecule has 0 fully saturated rings. The second kappa shape index (κ2) is 7.91. The van der Waals surface area contributed by atoms with Crippen molar-refractivity contribution in [3.8, 4) is 11.8 Å². The van der Waals surface area contributed by atoms with Gasteiger partial charge in [-0.15, -0.1) is 11.8 Å². The van der Waals surface area contributed by atoms with Crippen LogP contribution in [-0.4, -0.2) is 5.75 Å². The predicted octanol–water partition coefficient (Wildman–Crippen LogP) is 2.50. The minimum absolute atomic E-state index is 0.987. The minimum Gasteiger partial charge on any atom is -0.179 e. The van der Waals surface area contributed by atoms with Crippen LogP contribution >= 0.6 is 12.6 Å². The van der Waals surface area contributed by atoms with Gasteiger partial charge in [0.1, 0.15) is 0 Å². The highest BCUT2D eigenvalue weighted by Gasteiger charge is 1.79. The lowest BCUT2D eigenvalue weighted by atomic mass is 10.2. The molecule has 0 heterocycles. The van der Waals surface area contributed by atoms with Crippen molar-refractivity contribution in [2.75, 3.05) is 5.75 Å². The Morgan fingerprint density at radius 2 is 2.00 bits per heavy atom. The molecule has 0 unspecified atom stereocenters.